The molecule has 1 aliphatic heterocycles. The lowest BCUT2D eigenvalue weighted by Crippen LogP contribution is -2.34. The summed E-state index contributed by atoms with van der Waals surface area (Å²) in [6, 6.07) is 9.28. The number of hydrogen-bond donors (Lipinski definition) is 1. The zero-order valence-electron chi connectivity index (χ0n) is 14.4. The Kier molecular flexibility index (Phi) is 4.65. The number of imidazole rings is 1. The fourth-order valence-corrected chi connectivity index (χ4v) is 3.41. The minimum absolute atomic E-state index is 0.343. The Balaban J connectivity index is 1.52. The maximum atomic E-state index is 12.8. The van der Waals surface area contributed by atoms with Crippen LogP contribution in [0.1, 0.15) is 24.7 Å². The fraction of sp³-hybridized carbons (Fsp3) is 0.316. The molecule has 0 spiro atoms. The minimum atomic E-state index is -4.21. The van der Waals surface area contributed by atoms with Crippen LogP contribution in [0.5, 0.6) is 0 Å². The summed E-state index contributed by atoms with van der Waals surface area (Å²) in [5.41, 5.74) is 2.36. The van der Waals surface area contributed by atoms with E-state index in [4.69, 9.17) is 0 Å². The summed E-state index contributed by atoms with van der Waals surface area (Å²) >= 11 is 0. The molecule has 0 bridgehead atoms. The van der Waals surface area contributed by atoms with Crippen molar-refractivity contribution in [1.82, 2.24) is 24.8 Å². The summed E-state index contributed by atoms with van der Waals surface area (Å²) in [7, 11) is 0. The second-order valence-corrected chi connectivity index (χ2v) is 6.59. The normalized spacial score (nSPS) is 18.1. The molecule has 8 heteroatoms. The summed E-state index contributed by atoms with van der Waals surface area (Å²) in [6.45, 7) is -0.488. The topological polar surface area (TPSA) is 57.7 Å². The number of H-pyrrole nitrogens is 1. The van der Waals surface area contributed by atoms with E-state index >= 15 is 0 Å². The molecule has 3 heterocycles. The van der Waals surface area contributed by atoms with Crippen LogP contribution in [0.2, 0.25) is 0 Å². The van der Waals surface area contributed by atoms with E-state index in [-0.39, 0.29) is 6.04 Å². The van der Waals surface area contributed by atoms with Crippen LogP contribution in [0.3, 0.4) is 0 Å². The van der Waals surface area contributed by atoms with Crippen molar-refractivity contribution in [3.8, 4) is 22.6 Å². The van der Waals surface area contributed by atoms with Crippen LogP contribution < -0.4 is 0 Å². The Morgan fingerprint density at radius 1 is 1.00 bits per heavy atom. The van der Waals surface area contributed by atoms with Gasteiger partial charge in [-0.3, -0.25) is 4.90 Å². The molecule has 0 unspecified atom stereocenters. The van der Waals surface area contributed by atoms with Crippen molar-refractivity contribution in [1.29, 1.82) is 0 Å². The van der Waals surface area contributed by atoms with Crippen molar-refractivity contribution in [3.05, 3.63) is 54.7 Å². The van der Waals surface area contributed by atoms with Gasteiger partial charge in [-0.15, -0.1) is 0 Å². The van der Waals surface area contributed by atoms with Crippen molar-refractivity contribution in [2.75, 3.05) is 13.1 Å². The van der Waals surface area contributed by atoms with E-state index in [9.17, 15) is 13.2 Å². The van der Waals surface area contributed by atoms with Gasteiger partial charge in [0.25, 0.3) is 0 Å². The highest BCUT2D eigenvalue weighted by molar-refractivity contribution is 5.60. The van der Waals surface area contributed by atoms with E-state index < -0.39 is 12.7 Å². The first-order valence-electron chi connectivity index (χ1n) is 8.73. The molecule has 2 aromatic heterocycles. The third kappa shape index (κ3) is 4.00. The number of nitrogens with zero attached hydrogens (tertiary/aromatic N) is 4. The number of aromatic amines is 1. The van der Waals surface area contributed by atoms with Gasteiger partial charge in [-0.1, -0.05) is 30.3 Å². The average molecular weight is 373 g/mol. The second-order valence-electron chi connectivity index (χ2n) is 6.59. The molecule has 140 valence electrons. The lowest BCUT2D eigenvalue weighted by molar-refractivity contribution is -0.148. The van der Waals surface area contributed by atoms with Crippen LogP contribution in [0, 0.1) is 0 Å². The summed E-state index contributed by atoms with van der Waals surface area (Å²) in [5.74, 6) is 1.17. The van der Waals surface area contributed by atoms with E-state index in [0.29, 0.717) is 30.3 Å². The Labute approximate surface area is 154 Å². The van der Waals surface area contributed by atoms with E-state index in [1.165, 1.54) is 4.90 Å². The van der Waals surface area contributed by atoms with Gasteiger partial charge >= 0.3 is 6.18 Å². The SMILES string of the molecule is FC(F)(F)CN1CCC[C@@H]1c1ncc(-c2cnc(-c3ccccc3)nc2)[nH]1. The Morgan fingerprint density at radius 3 is 2.44 bits per heavy atom. The second kappa shape index (κ2) is 7.11. The van der Waals surface area contributed by atoms with E-state index in [1.807, 2.05) is 30.3 Å². The number of benzene rings is 1. The molecule has 3 aromatic rings. The van der Waals surface area contributed by atoms with Gasteiger partial charge in [0.2, 0.25) is 0 Å². The van der Waals surface area contributed by atoms with Crippen LogP contribution in [0.4, 0.5) is 13.2 Å². The van der Waals surface area contributed by atoms with Crippen LogP contribution >= 0.6 is 0 Å². The smallest absolute Gasteiger partial charge is 0.341 e. The maximum absolute atomic E-state index is 12.8. The molecular weight excluding hydrogens is 355 g/mol. The Morgan fingerprint density at radius 2 is 1.74 bits per heavy atom. The molecule has 5 nitrogen and oxygen atoms in total. The third-order valence-corrected chi connectivity index (χ3v) is 4.65. The zero-order chi connectivity index (χ0) is 18.9. The molecule has 1 N–H and O–H groups in total. The van der Waals surface area contributed by atoms with Crippen molar-refractivity contribution in [2.45, 2.75) is 25.1 Å². The molecule has 1 saturated heterocycles. The minimum Gasteiger partial charge on any atom is -0.341 e. The molecular formula is C19H18F3N5. The van der Waals surface area contributed by atoms with E-state index in [1.54, 1.807) is 18.6 Å². The molecule has 4 rings (SSSR count). The number of aromatic nitrogens is 4. The lowest BCUT2D eigenvalue weighted by atomic mass is 10.2. The highest BCUT2D eigenvalue weighted by atomic mass is 19.4. The Hall–Kier alpha value is -2.74. The van der Waals surface area contributed by atoms with Crippen LogP contribution in [0.25, 0.3) is 22.6 Å². The van der Waals surface area contributed by atoms with Gasteiger partial charge in [-0.05, 0) is 19.4 Å². The molecule has 1 atom stereocenters. The van der Waals surface area contributed by atoms with Crippen molar-refractivity contribution >= 4 is 0 Å². The number of alkyl halides is 3. The molecule has 0 saturated carbocycles. The van der Waals surface area contributed by atoms with Crippen molar-refractivity contribution in [2.24, 2.45) is 0 Å². The first kappa shape index (κ1) is 17.7. The quantitative estimate of drug-likeness (QED) is 0.743. The van der Waals surface area contributed by atoms with Gasteiger partial charge in [0, 0.05) is 23.5 Å². The highest BCUT2D eigenvalue weighted by Crippen LogP contribution is 2.33. The van der Waals surface area contributed by atoms with Gasteiger partial charge in [0.15, 0.2) is 5.82 Å². The summed E-state index contributed by atoms with van der Waals surface area (Å²) in [4.78, 5) is 17.6. The van der Waals surface area contributed by atoms with Gasteiger partial charge in [-0.25, -0.2) is 15.0 Å². The highest BCUT2D eigenvalue weighted by Gasteiger charge is 2.37. The number of halogens is 3. The van der Waals surface area contributed by atoms with Gasteiger partial charge in [-0.2, -0.15) is 13.2 Å². The molecule has 1 fully saturated rings. The fourth-order valence-electron chi connectivity index (χ4n) is 3.41. The molecule has 27 heavy (non-hydrogen) atoms. The number of nitrogens with one attached hydrogen (secondary N) is 1. The number of likely N-dealkylation sites (tertiary alicyclic amines) is 1. The predicted octanol–water partition coefficient (Wildman–Crippen LogP) is 4.23. The number of rotatable bonds is 4. The predicted molar refractivity (Wildman–Crippen MR) is 94.7 cm³/mol. The summed E-state index contributed by atoms with van der Waals surface area (Å²) < 4.78 is 38.3. The maximum Gasteiger partial charge on any atom is 0.401 e. The first-order chi connectivity index (χ1) is 13.0. The third-order valence-electron chi connectivity index (χ3n) is 4.65. The van der Waals surface area contributed by atoms with E-state index in [2.05, 4.69) is 19.9 Å². The zero-order valence-corrected chi connectivity index (χ0v) is 14.4. The van der Waals surface area contributed by atoms with Crippen molar-refractivity contribution < 1.29 is 13.2 Å². The lowest BCUT2D eigenvalue weighted by Gasteiger charge is -2.23. The van der Waals surface area contributed by atoms with Crippen LogP contribution in [-0.4, -0.2) is 44.1 Å². The van der Waals surface area contributed by atoms with Gasteiger partial charge in [0.05, 0.1) is 24.5 Å². The van der Waals surface area contributed by atoms with Crippen molar-refractivity contribution in [3.63, 3.8) is 0 Å². The largest absolute Gasteiger partial charge is 0.401 e. The van der Waals surface area contributed by atoms with E-state index in [0.717, 1.165) is 17.5 Å². The summed E-state index contributed by atoms with van der Waals surface area (Å²) in [5, 5.41) is 0. The molecule has 1 aromatic carbocycles. The number of hydrogen-bond acceptors (Lipinski definition) is 4. The molecule has 0 amide bonds. The average Bonchev–Trinajstić information content (AvgIpc) is 3.30. The molecule has 0 radical (unpaired) electrons. The standard InChI is InChI=1S/C19H18F3N5/c20-19(21,22)12-27-8-4-7-16(27)18-25-11-15(26-18)14-9-23-17(24-10-14)13-5-2-1-3-6-13/h1-3,5-6,9-11,16H,4,7-8,12H2,(H,25,26)/t16-/m1/s1. The van der Waals surface area contributed by atoms with Gasteiger partial charge in [0.1, 0.15) is 5.82 Å². The molecule has 0 aliphatic carbocycles. The van der Waals surface area contributed by atoms with Crippen LogP contribution in [-0.2, 0) is 0 Å². The first-order valence-corrected chi connectivity index (χ1v) is 8.73. The monoisotopic (exact) mass is 373 g/mol. The Bertz CT molecular complexity index is 890. The van der Waals surface area contributed by atoms with Gasteiger partial charge < -0.3 is 4.98 Å². The van der Waals surface area contributed by atoms with Crippen LogP contribution in [0.15, 0.2) is 48.9 Å². The molecule has 1 aliphatic rings. The summed E-state index contributed by atoms with van der Waals surface area (Å²) in [6.07, 6.45) is 2.18.